The highest BCUT2D eigenvalue weighted by molar-refractivity contribution is 7.91. The average Bonchev–Trinajstić information content (AvgIpc) is 3.36. The van der Waals surface area contributed by atoms with Gasteiger partial charge in [0.1, 0.15) is 5.82 Å². The molecule has 0 bridgehead atoms. The van der Waals surface area contributed by atoms with Gasteiger partial charge in [-0.2, -0.15) is 10.2 Å². The monoisotopic (exact) mass is 540 g/mol. The molecule has 2 aromatic carbocycles. The van der Waals surface area contributed by atoms with Crippen molar-refractivity contribution in [1.82, 2.24) is 14.5 Å². The SMILES string of the molecule is CCCCc1nc(O)c(S(=O)(=O)c2ccc(-c3ccncc3C)cc2)c(=O)n1[C@H]1CCc2c(C#N)cccc21. The van der Waals surface area contributed by atoms with Gasteiger partial charge >= 0.3 is 0 Å². The van der Waals surface area contributed by atoms with Crippen LogP contribution in [0.4, 0.5) is 0 Å². The summed E-state index contributed by atoms with van der Waals surface area (Å²) in [6.07, 6.45) is 6.46. The van der Waals surface area contributed by atoms with Gasteiger partial charge in [-0.3, -0.25) is 14.3 Å². The first-order chi connectivity index (χ1) is 18.8. The minimum Gasteiger partial charge on any atom is -0.492 e. The Bertz CT molecular complexity index is 1770. The van der Waals surface area contributed by atoms with Crippen LogP contribution in [0.25, 0.3) is 11.1 Å². The van der Waals surface area contributed by atoms with Crippen molar-refractivity contribution >= 4 is 9.84 Å². The molecule has 1 aliphatic rings. The fraction of sp³-hybridized carbons (Fsp3) is 0.267. The molecular weight excluding hydrogens is 512 g/mol. The number of benzene rings is 2. The third kappa shape index (κ3) is 4.61. The van der Waals surface area contributed by atoms with Crippen LogP contribution in [0.15, 0.2) is 75.5 Å². The molecule has 2 aromatic heterocycles. The molecule has 1 N–H and O–H groups in total. The van der Waals surface area contributed by atoms with Crippen LogP contribution in [0.3, 0.4) is 0 Å². The van der Waals surface area contributed by atoms with E-state index < -0.39 is 32.2 Å². The molecule has 198 valence electrons. The van der Waals surface area contributed by atoms with Crippen molar-refractivity contribution < 1.29 is 13.5 Å². The Kier molecular flexibility index (Phi) is 7.06. The maximum Gasteiger partial charge on any atom is 0.277 e. The van der Waals surface area contributed by atoms with Crippen molar-refractivity contribution in [2.75, 3.05) is 0 Å². The van der Waals surface area contributed by atoms with Crippen molar-refractivity contribution in [2.45, 2.75) is 61.8 Å². The molecule has 1 atom stereocenters. The number of rotatable bonds is 7. The highest BCUT2D eigenvalue weighted by Gasteiger charge is 2.34. The zero-order chi connectivity index (χ0) is 27.7. The number of fused-ring (bicyclic) bond motifs is 1. The summed E-state index contributed by atoms with van der Waals surface area (Å²) in [5.74, 6) is -0.456. The molecule has 0 fully saturated rings. The number of aromatic hydroxyl groups is 1. The largest absolute Gasteiger partial charge is 0.492 e. The minimum absolute atomic E-state index is 0.112. The second kappa shape index (κ2) is 10.5. The molecule has 0 spiro atoms. The quantitative estimate of drug-likeness (QED) is 0.353. The van der Waals surface area contributed by atoms with Crippen molar-refractivity contribution in [1.29, 1.82) is 5.26 Å². The number of nitriles is 1. The molecule has 39 heavy (non-hydrogen) atoms. The van der Waals surface area contributed by atoms with Gasteiger partial charge in [-0.05, 0) is 78.3 Å². The number of unbranched alkanes of at least 4 members (excludes halogenated alkanes) is 1. The Labute approximate surface area is 227 Å². The maximum absolute atomic E-state index is 14.0. The number of pyridine rings is 1. The van der Waals surface area contributed by atoms with E-state index in [9.17, 15) is 23.6 Å². The molecule has 9 heteroatoms. The van der Waals surface area contributed by atoms with E-state index in [-0.39, 0.29) is 4.90 Å². The van der Waals surface area contributed by atoms with Crippen LogP contribution in [-0.4, -0.2) is 28.1 Å². The van der Waals surface area contributed by atoms with Crippen molar-refractivity contribution in [2.24, 2.45) is 0 Å². The van der Waals surface area contributed by atoms with Gasteiger partial charge in [0.05, 0.1) is 22.6 Å². The topological polar surface area (TPSA) is 126 Å². The highest BCUT2D eigenvalue weighted by atomic mass is 32.2. The fourth-order valence-electron chi connectivity index (χ4n) is 5.35. The lowest BCUT2D eigenvalue weighted by Gasteiger charge is -2.21. The molecule has 0 aliphatic heterocycles. The average molecular weight is 541 g/mol. The van der Waals surface area contributed by atoms with Gasteiger partial charge in [0.15, 0.2) is 4.90 Å². The van der Waals surface area contributed by atoms with Crippen LogP contribution in [0.1, 0.15) is 60.3 Å². The number of sulfone groups is 1. The van der Waals surface area contributed by atoms with Crippen LogP contribution >= 0.6 is 0 Å². The van der Waals surface area contributed by atoms with Crippen LogP contribution in [0, 0.1) is 18.3 Å². The fourth-order valence-corrected chi connectivity index (χ4v) is 6.70. The Morgan fingerprint density at radius 3 is 2.62 bits per heavy atom. The maximum atomic E-state index is 14.0. The molecule has 5 rings (SSSR count). The predicted molar refractivity (Wildman–Crippen MR) is 146 cm³/mol. The second-order valence-corrected chi connectivity index (χ2v) is 11.6. The molecule has 0 saturated heterocycles. The van der Waals surface area contributed by atoms with E-state index in [4.69, 9.17) is 0 Å². The highest BCUT2D eigenvalue weighted by Crippen LogP contribution is 2.37. The van der Waals surface area contributed by atoms with Gasteiger partial charge in [0, 0.05) is 18.8 Å². The van der Waals surface area contributed by atoms with Gasteiger partial charge in [-0.15, -0.1) is 0 Å². The predicted octanol–water partition coefficient (Wildman–Crippen LogP) is 4.90. The lowest BCUT2D eigenvalue weighted by atomic mass is 10.0. The lowest BCUT2D eigenvalue weighted by Crippen LogP contribution is -2.33. The van der Waals surface area contributed by atoms with E-state index in [0.29, 0.717) is 37.1 Å². The standard InChI is InChI=1S/C30H28N4O4S/c1-3-4-8-27-33-29(35)28(30(36)34(27)26-14-13-24-21(17-31)6-5-7-25(24)26)39(37,38)22-11-9-20(10-12-22)23-15-16-32-18-19(23)2/h5-7,9-12,15-16,18,26,35H,3-4,8,13-14H2,1-2H3/t26-/m0/s1. The summed E-state index contributed by atoms with van der Waals surface area (Å²) in [6.45, 7) is 3.92. The summed E-state index contributed by atoms with van der Waals surface area (Å²) in [7, 11) is -4.40. The molecule has 0 radical (unpaired) electrons. The second-order valence-electron chi connectivity index (χ2n) is 9.72. The number of aryl methyl sites for hydroxylation is 2. The zero-order valence-electron chi connectivity index (χ0n) is 21.8. The molecule has 0 amide bonds. The van der Waals surface area contributed by atoms with Crippen molar-refractivity contribution in [3.8, 4) is 23.1 Å². The molecule has 0 unspecified atom stereocenters. The third-order valence-electron chi connectivity index (χ3n) is 7.32. The van der Waals surface area contributed by atoms with E-state index in [0.717, 1.165) is 34.2 Å². The van der Waals surface area contributed by atoms with E-state index in [1.54, 1.807) is 36.7 Å². The number of hydrogen-bond acceptors (Lipinski definition) is 7. The Morgan fingerprint density at radius 1 is 1.15 bits per heavy atom. The lowest BCUT2D eigenvalue weighted by molar-refractivity contribution is 0.408. The van der Waals surface area contributed by atoms with E-state index in [1.165, 1.54) is 16.7 Å². The number of hydrogen-bond donors (Lipinski definition) is 1. The molecule has 8 nitrogen and oxygen atoms in total. The van der Waals surface area contributed by atoms with Crippen LogP contribution in [0.2, 0.25) is 0 Å². The van der Waals surface area contributed by atoms with Gasteiger partial charge in [-0.1, -0.05) is 37.6 Å². The first-order valence-corrected chi connectivity index (χ1v) is 14.4. The summed E-state index contributed by atoms with van der Waals surface area (Å²) in [6, 6.07) is 15.2. The number of nitrogens with zero attached hydrogens (tertiary/aromatic N) is 4. The van der Waals surface area contributed by atoms with Gasteiger partial charge in [-0.25, -0.2) is 8.42 Å². The third-order valence-corrected chi connectivity index (χ3v) is 9.11. The molecular formula is C30H28N4O4S. The summed E-state index contributed by atoms with van der Waals surface area (Å²) in [5.41, 5.74) is 4.07. The van der Waals surface area contributed by atoms with E-state index in [1.807, 2.05) is 26.0 Å². The van der Waals surface area contributed by atoms with E-state index in [2.05, 4.69) is 16.0 Å². The molecule has 1 aliphatic carbocycles. The smallest absolute Gasteiger partial charge is 0.277 e. The van der Waals surface area contributed by atoms with Gasteiger partial charge < -0.3 is 5.11 Å². The first-order valence-electron chi connectivity index (χ1n) is 12.9. The summed E-state index contributed by atoms with van der Waals surface area (Å²) < 4.78 is 28.9. The summed E-state index contributed by atoms with van der Waals surface area (Å²) in [5, 5.41) is 20.4. The molecule has 0 saturated carbocycles. The minimum atomic E-state index is -4.40. The van der Waals surface area contributed by atoms with Gasteiger partial charge in [0.2, 0.25) is 15.7 Å². The normalized spacial score (nSPS) is 14.6. The molecule has 2 heterocycles. The first kappa shape index (κ1) is 26.3. The van der Waals surface area contributed by atoms with Crippen molar-refractivity contribution in [3.63, 3.8) is 0 Å². The summed E-state index contributed by atoms with van der Waals surface area (Å²) in [4.78, 5) is 21.5. The van der Waals surface area contributed by atoms with Crippen LogP contribution < -0.4 is 5.56 Å². The Morgan fingerprint density at radius 2 is 1.92 bits per heavy atom. The molecule has 4 aromatic rings. The zero-order valence-corrected chi connectivity index (χ0v) is 22.6. The summed E-state index contributed by atoms with van der Waals surface area (Å²) >= 11 is 0. The number of aromatic nitrogens is 3. The van der Waals surface area contributed by atoms with E-state index >= 15 is 0 Å². The van der Waals surface area contributed by atoms with Crippen molar-refractivity contribution in [3.05, 3.63) is 99.4 Å². The Balaban J connectivity index is 1.64. The van der Waals surface area contributed by atoms with Crippen LogP contribution in [0.5, 0.6) is 5.88 Å². The van der Waals surface area contributed by atoms with Gasteiger partial charge in [0.25, 0.3) is 5.56 Å². The van der Waals surface area contributed by atoms with Crippen LogP contribution in [-0.2, 0) is 22.7 Å². The Hall–Kier alpha value is -4.29.